The maximum atomic E-state index is 6.14. The van der Waals surface area contributed by atoms with Crippen molar-refractivity contribution in [2.24, 2.45) is 5.73 Å². The molecule has 1 unspecified atom stereocenters. The molecule has 3 rings (SSSR count). The van der Waals surface area contributed by atoms with Gasteiger partial charge in [-0.2, -0.15) is 0 Å². The zero-order chi connectivity index (χ0) is 14.1. The van der Waals surface area contributed by atoms with Crippen LogP contribution in [0.3, 0.4) is 0 Å². The lowest BCUT2D eigenvalue weighted by molar-refractivity contribution is 0.665. The number of nitrogens with zero attached hydrogens (tertiary/aromatic N) is 3. The molecule has 2 aromatic rings. The molecule has 0 saturated heterocycles. The molecule has 2 N–H and O–H groups in total. The maximum Gasteiger partial charge on any atom is 0.103 e. The number of fused-ring (bicyclic) bond motifs is 1. The molecule has 4 nitrogen and oxygen atoms in total. The SMILES string of the molecule is CCc1c(C(N)CC)nnn1-c1ccc2c(c1)CCC2. The summed E-state index contributed by atoms with van der Waals surface area (Å²) in [5, 5.41) is 8.65. The molecule has 0 bridgehead atoms. The zero-order valence-electron chi connectivity index (χ0n) is 12.3. The van der Waals surface area contributed by atoms with Gasteiger partial charge < -0.3 is 5.73 Å². The first-order valence-corrected chi connectivity index (χ1v) is 7.56. The third-order valence-corrected chi connectivity index (χ3v) is 4.25. The van der Waals surface area contributed by atoms with Crippen molar-refractivity contribution < 1.29 is 0 Å². The van der Waals surface area contributed by atoms with Gasteiger partial charge in [0.25, 0.3) is 0 Å². The molecular weight excluding hydrogens is 248 g/mol. The highest BCUT2D eigenvalue weighted by molar-refractivity contribution is 5.43. The van der Waals surface area contributed by atoms with Crippen LogP contribution >= 0.6 is 0 Å². The van der Waals surface area contributed by atoms with Crippen molar-refractivity contribution in [3.8, 4) is 5.69 Å². The van der Waals surface area contributed by atoms with E-state index in [1.807, 2.05) is 4.68 Å². The van der Waals surface area contributed by atoms with Gasteiger partial charge in [-0.25, -0.2) is 4.68 Å². The van der Waals surface area contributed by atoms with Crippen LogP contribution in [0.5, 0.6) is 0 Å². The van der Waals surface area contributed by atoms with Crippen molar-refractivity contribution in [2.45, 2.75) is 52.0 Å². The lowest BCUT2D eigenvalue weighted by Crippen LogP contribution is -2.12. The quantitative estimate of drug-likeness (QED) is 0.929. The van der Waals surface area contributed by atoms with Crippen molar-refractivity contribution in [3.05, 3.63) is 40.7 Å². The normalized spacial score (nSPS) is 15.3. The second kappa shape index (κ2) is 5.37. The molecule has 0 spiro atoms. The van der Waals surface area contributed by atoms with Crippen LogP contribution in [0.4, 0.5) is 0 Å². The molecule has 0 aliphatic heterocycles. The minimum atomic E-state index is -0.0203. The Morgan fingerprint density at radius 3 is 2.80 bits per heavy atom. The van der Waals surface area contributed by atoms with Gasteiger partial charge >= 0.3 is 0 Å². The predicted octanol–water partition coefficient (Wildman–Crippen LogP) is 2.73. The highest BCUT2D eigenvalue weighted by atomic mass is 15.4. The summed E-state index contributed by atoms with van der Waals surface area (Å²) in [5.74, 6) is 0. The molecule has 0 amide bonds. The third kappa shape index (κ3) is 2.14. The standard InChI is InChI=1S/C16H22N4/c1-3-14(17)16-15(4-2)20(19-18-16)13-9-8-11-6-5-7-12(11)10-13/h8-10,14H,3-7,17H2,1-2H3. The first-order valence-electron chi connectivity index (χ1n) is 7.56. The van der Waals surface area contributed by atoms with Crippen LogP contribution in [0.25, 0.3) is 5.69 Å². The minimum absolute atomic E-state index is 0.0203. The Balaban J connectivity index is 2.04. The van der Waals surface area contributed by atoms with Crippen LogP contribution in [0.2, 0.25) is 0 Å². The van der Waals surface area contributed by atoms with Gasteiger partial charge in [-0.05, 0) is 55.4 Å². The second-order valence-electron chi connectivity index (χ2n) is 5.51. The van der Waals surface area contributed by atoms with E-state index in [1.165, 1.54) is 30.4 Å². The molecule has 0 radical (unpaired) electrons. The molecule has 20 heavy (non-hydrogen) atoms. The Hall–Kier alpha value is -1.68. The van der Waals surface area contributed by atoms with Crippen LogP contribution in [0.1, 0.15) is 55.2 Å². The average molecular weight is 270 g/mol. The fraction of sp³-hybridized carbons (Fsp3) is 0.500. The average Bonchev–Trinajstić information content (AvgIpc) is 3.11. The largest absolute Gasteiger partial charge is 0.323 e. The van der Waals surface area contributed by atoms with Crippen LogP contribution < -0.4 is 5.73 Å². The van der Waals surface area contributed by atoms with Gasteiger partial charge in [0.15, 0.2) is 0 Å². The molecular formula is C16H22N4. The summed E-state index contributed by atoms with van der Waals surface area (Å²) in [6, 6.07) is 6.63. The summed E-state index contributed by atoms with van der Waals surface area (Å²) in [4.78, 5) is 0. The van der Waals surface area contributed by atoms with E-state index in [1.54, 1.807) is 0 Å². The first-order chi connectivity index (χ1) is 9.74. The van der Waals surface area contributed by atoms with Gasteiger partial charge in [0.2, 0.25) is 0 Å². The number of benzene rings is 1. The Bertz CT molecular complexity index is 615. The van der Waals surface area contributed by atoms with Crippen molar-refractivity contribution >= 4 is 0 Å². The van der Waals surface area contributed by atoms with E-state index in [9.17, 15) is 0 Å². The van der Waals surface area contributed by atoms with Gasteiger partial charge in [0.05, 0.1) is 17.4 Å². The Labute approximate surface area is 120 Å². The summed E-state index contributed by atoms with van der Waals surface area (Å²) in [7, 11) is 0. The molecule has 106 valence electrons. The second-order valence-corrected chi connectivity index (χ2v) is 5.51. The van der Waals surface area contributed by atoms with Crippen LogP contribution in [-0.4, -0.2) is 15.0 Å². The summed E-state index contributed by atoms with van der Waals surface area (Å²) in [5.41, 5.74) is 12.3. The Kier molecular flexibility index (Phi) is 3.57. The smallest absolute Gasteiger partial charge is 0.103 e. The Morgan fingerprint density at radius 1 is 1.25 bits per heavy atom. The van der Waals surface area contributed by atoms with Crippen molar-refractivity contribution in [2.75, 3.05) is 0 Å². The number of hydrogen-bond acceptors (Lipinski definition) is 3. The van der Waals surface area contributed by atoms with E-state index < -0.39 is 0 Å². The zero-order valence-corrected chi connectivity index (χ0v) is 12.3. The van der Waals surface area contributed by atoms with E-state index in [0.717, 1.165) is 29.9 Å². The van der Waals surface area contributed by atoms with E-state index in [-0.39, 0.29) is 6.04 Å². The monoisotopic (exact) mass is 270 g/mol. The number of hydrogen-bond donors (Lipinski definition) is 1. The topological polar surface area (TPSA) is 56.7 Å². The minimum Gasteiger partial charge on any atom is -0.323 e. The van der Waals surface area contributed by atoms with E-state index in [4.69, 9.17) is 5.73 Å². The van der Waals surface area contributed by atoms with Crippen molar-refractivity contribution in [1.29, 1.82) is 0 Å². The first kappa shape index (κ1) is 13.3. The summed E-state index contributed by atoms with van der Waals surface area (Å²) < 4.78 is 1.96. The molecule has 1 aliphatic rings. The van der Waals surface area contributed by atoms with Gasteiger partial charge in [-0.3, -0.25) is 0 Å². The summed E-state index contributed by atoms with van der Waals surface area (Å²) >= 11 is 0. The number of nitrogens with two attached hydrogens (primary N) is 1. The van der Waals surface area contributed by atoms with Crippen LogP contribution in [0.15, 0.2) is 18.2 Å². The molecule has 0 fully saturated rings. The van der Waals surface area contributed by atoms with Gasteiger partial charge in [-0.15, -0.1) is 5.10 Å². The van der Waals surface area contributed by atoms with Crippen molar-refractivity contribution in [1.82, 2.24) is 15.0 Å². The number of rotatable bonds is 4. The molecule has 1 atom stereocenters. The van der Waals surface area contributed by atoms with Gasteiger partial charge in [0.1, 0.15) is 5.69 Å². The fourth-order valence-corrected chi connectivity index (χ4v) is 3.02. The maximum absolute atomic E-state index is 6.14. The Morgan fingerprint density at radius 2 is 2.05 bits per heavy atom. The molecule has 1 aromatic heterocycles. The molecule has 1 aliphatic carbocycles. The molecule has 1 heterocycles. The number of aryl methyl sites for hydroxylation is 2. The fourth-order valence-electron chi connectivity index (χ4n) is 3.02. The van der Waals surface area contributed by atoms with Gasteiger partial charge in [-0.1, -0.05) is 25.1 Å². The number of aromatic nitrogens is 3. The van der Waals surface area contributed by atoms with E-state index in [2.05, 4.69) is 42.4 Å². The predicted molar refractivity (Wildman–Crippen MR) is 80.0 cm³/mol. The molecule has 4 heteroatoms. The molecule has 1 aromatic carbocycles. The lowest BCUT2D eigenvalue weighted by atomic mass is 10.1. The summed E-state index contributed by atoms with van der Waals surface area (Å²) in [6.07, 6.45) is 5.44. The van der Waals surface area contributed by atoms with Gasteiger partial charge in [0, 0.05) is 0 Å². The highest BCUT2D eigenvalue weighted by Crippen LogP contribution is 2.26. The lowest BCUT2D eigenvalue weighted by Gasteiger charge is -2.10. The summed E-state index contributed by atoms with van der Waals surface area (Å²) in [6.45, 7) is 4.22. The third-order valence-electron chi connectivity index (χ3n) is 4.25. The molecule has 0 saturated carbocycles. The van der Waals surface area contributed by atoms with E-state index in [0.29, 0.717) is 0 Å². The van der Waals surface area contributed by atoms with Crippen LogP contribution in [-0.2, 0) is 19.3 Å². The van der Waals surface area contributed by atoms with Crippen LogP contribution in [0, 0.1) is 0 Å². The van der Waals surface area contributed by atoms with E-state index >= 15 is 0 Å². The highest BCUT2D eigenvalue weighted by Gasteiger charge is 2.18. The van der Waals surface area contributed by atoms with Crippen molar-refractivity contribution in [3.63, 3.8) is 0 Å².